The number of carboxylic acid groups (broad SMARTS) is 1. The molecule has 0 bridgehead atoms. The maximum Gasteiger partial charge on any atom is 0.325 e. The first kappa shape index (κ1) is 34.2. The number of carbonyl (C=O) groups is 3. The molecule has 254 valence electrons. The van der Waals surface area contributed by atoms with Gasteiger partial charge in [0.25, 0.3) is 0 Å². The number of benzene rings is 2. The van der Waals surface area contributed by atoms with Crippen LogP contribution in [0.15, 0.2) is 36.4 Å². The molecule has 3 aliphatic heterocycles. The van der Waals surface area contributed by atoms with Gasteiger partial charge in [0.15, 0.2) is 11.5 Å². The Kier molecular flexibility index (Phi) is 10.7. The summed E-state index contributed by atoms with van der Waals surface area (Å²) in [5.41, 5.74) is 1.86. The molecule has 0 aliphatic carbocycles. The third kappa shape index (κ3) is 7.22. The molecule has 2 saturated heterocycles. The summed E-state index contributed by atoms with van der Waals surface area (Å²) in [4.78, 5) is 47.2. The van der Waals surface area contributed by atoms with Crippen molar-refractivity contribution in [1.82, 2.24) is 14.7 Å². The van der Waals surface area contributed by atoms with E-state index in [-0.39, 0.29) is 43.0 Å². The normalized spacial score (nSPS) is 21.2. The van der Waals surface area contributed by atoms with Gasteiger partial charge in [0.1, 0.15) is 11.7 Å². The van der Waals surface area contributed by atoms with Crippen LogP contribution >= 0.6 is 0 Å². The number of nitrogens with one attached hydrogen (secondary N) is 1. The molecule has 11 nitrogen and oxygen atoms in total. The Morgan fingerprint density at radius 3 is 2.51 bits per heavy atom. The molecule has 0 radical (unpaired) electrons. The lowest BCUT2D eigenvalue weighted by Gasteiger charge is -2.36. The first-order valence-corrected chi connectivity index (χ1v) is 16.6. The fourth-order valence-corrected chi connectivity index (χ4v) is 7.32. The van der Waals surface area contributed by atoms with Gasteiger partial charge in [-0.2, -0.15) is 0 Å². The van der Waals surface area contributed by atoms with E-state index in [1.165, 1.54) is 11.0 Å². The zero-order valence-electron chi connectivity index (χ0n) is 27.7. The molecule has 2 aromatic rings. The van der Waals surface area contributed by atoms with Crippen LogP contribution in [-0.4, -0.2) is 95.7 Å². The number of rotatable bonds is 13. The summed E-state index contributed by atoms with van der Waals surface area (Å²) in [6.07, 6.45) is 4.03. The Labute approximate surface area is 275 Å². The van der Waals surface area contributed by atoms with Crippen LogP contribution in [0.1, 0.15) is 69.4 Å². The summed E-state index contributed by atoms with van der Waals surface area (Å²) < 4.78 is 25.4. The number of hydrogen-bond acceptors (Lipinski definition) is 7. The summed E-state index contributed by atoms with van der Waals surface area (Å²) in [5, 5.41) is 18.7. The van der Waals surface area contributed by atoms with Crippen molar-refractivity contribution >= 4 is 29.4 Å². The van der Waals surface area contributed by atoms with Crippen LogP contribution in [0.2, 0.25) is 0 Å². The number of halogens is 1. The summed E-state index contributed by atoms with van der Waals surface area (Å²) in [6.45, 7) is 6.88. The van der Waals surface area contributed by atoms with Gasteiger partial charge >= 0.3 is 12.0 Å². The minimum absolute atomic E-state index is 0.0334. The molecule has 47 heavy (non-hydrogen) atoms. The second-order valence-corrected chi connectivity index (χ2v) is 12.8. The Morgan fingerprint density at radius 1 is 1.11 bits per heavy atom. The smallest absolute Gasteiger partial charge is 0.325 e. The van der Waals surface area contributed by atoms with Crippen LogP contribution in [0.4, 0.5) is 14.9 Å². The fraction of sp³-hybridized carbons (Fsp3) is 0.543. The number of carbonyl (C=O) groups excluding carboxylic acids is 2. The van der Waals surface area contributed by atoms with Crippen LogP contribution in [0.5, 0.6) is 11.5 Å². The highest BCUT2D eigenvalue weighted by atomic mass is 19.1. The number of aryl methyl sites for hydroxylation is 1. The number of carboxylic acids is 1. The van der Waals surface area contributed by atoms with Crippen molar-refractivity contribution in [2.75, 3.05) is 44.9 Å². The zero-order chi connectivity index (χ0) is 33.8. The number of ether oxygens (including phenoxy) is 2. The number of aliphatic carboxylic acids is 1. The fourth-order valence-electron chi connectivity index (χ4n) is 7.32. The van der Waals surface area contributed by atoms with Crippen molar-refractivity contribution in [2.24, 2.45) is 5.92 Å². The van der Waals surface area contributed by atoms with Crippen molar-refractivity contribution < 1.29 is 33.4 Å². The Hall–Kier alpha value is -4.19. The van der Waals surface area contributed by atoms with Crippen LogP contribution in [0, 0.1) is 24.1 Å². The predicted octanol–water partition coefficient (Wildman–Crippen LogP) is 5.46. The lowest BCUT2D eigenvalue weighted by molar-refractivity contribution is -0.143. The molecule has 2 aromatic carbocycles. The molecule has 2 N–H and O–H groups in total. The van der Waals surface area contributed by atoms with E-state index in [9.17, 15) is 23.9 Å². The largest absolute Gasteiger partial charge is 0.481 e. The van der Waals surface area contributed by atoms with Crippen molar-refractivity contribution in [2.45, 2.75) is 77.3 Å². The maximum absolute atomic E-state index is 14.5. The summed E-state index contributed by atoms with van der Waals surface area (Å²) in [6, 6.07) is 9.27. The Morgan fingerprint density at radius 2 is 1.83 bits per heavy atom. The third-order valence-electron chi connectivity index (χ3n) is 9.77. The highest BCUT2D eigenvalue weighted by molar-refractivity contribution is 5.98. The molecule has 0 aromatic heterocycles. The number of likely N-dealkylation sites (tertiary alicyclic amines) is 1. The minimum Gasteiger partial charge on any atom is -0.481 e. The van der Waals surface area contributed by atoms with E-state index in [2.05, 4.69) is 13.8 Å². The molecule has 12 heteroatoms. The van der Waals surface area contributed by atoms with Crippen molar-refractivity contribution in [3.8, 4) is 11.5 Å². The van der Waals surface area contributed by atoms with Gasteiger partial charge in [0.2, 0.25) is 12.7 Å². The molecular formula is C35H46FN5O6. The van der Waals surface area contributed by atoms with Crippen molar-refractivity contribution in [3.63, 3.8) is 0 Å². The van der Waals surface area contributed by atoms with Gasteiger partial charge < -0.3 is 24.4 Å². The number of urea groups is 1. The van der Waals surface area contributed by atoms with E-state index >= 15 is 0 Å². The van der Waals surface area contributed by atoms with Gasteiger partial charge in [-0.1, -0.05) is 32.8 Å². The van der Waals surface area contributed by atoms with E-state index in [4.69, 9.17) is 14.9 Å². The molecular weight excluding hydrogens is 605 g/mol. The predicted molar refractivity (Wildman–Crippen MR) is 176 cm³/mol. The van der Waals surface area contributed by atoms with Crippen molar-refractivity contribution in [3.05, 3.63) is 53.3 Å². The van der Waals surface area contributed by atoms with Crippen LogP contribution < -0.4 is 14.4 Å². The van der Waals surface area contributed by atoms with Crippen LogP contribution in [0.25, 0.3) is 0 Å². The summed E-state index contributed by atoms with van der Waals surface area (Å²) in [7, 11) is 1.57. The highest BCUT2D eigenvalue weighted by Crippen LogP contribution is 2.43. The molecule has 0 spiro atoms. The average molecular weight is 652 g/mol. The molecule has 3 amide bonds. The van der Waals surface area contributed by atoms with E-state index in [0.717, 1.165) is 31.2 Å². The van der Waals surface area contributed by atoms with Crippen LogP contribution in [-0.2, 0) is 9.59 Å². The monoisotopic (exact) mass is 651 g/mol. The number of fused-ring (bicyclic) bond motifs is 1. The van der Waals surface area contributed by atoms with E-state index in [0.29, 0.717) is 55.2 Å². The first-order valence-electron chi connectivity index (χ1n) is 16.6. The van der Waals surface area contributed by atoms with Gasteiger partial charge in [-0.05, 0) is 67.6 Å². The van der Waals surface area contributed by atoms with Crippen LogP contribution in [0.3, 0.4) is 0 Å². The van der Waals surface area contributed by atoms with Gasteiger partial charge in [-0.3, -0.25) is 24.8 Å². The Balaban J connectivity index is 1.48. The molecule has 3 heterocycles. The van der Waals surface area contributed by atoms with Gasteiger partial charge in [-0.15, -0.1) is 0 Å². The van der Waals surface area contributed by atoms with Crippen molar-refractivity contribution in [1.29, 1.82) is 5.41 Å². The third-order valence-corrected chi connectivity index (χ3v) is 9.77. The van der Waals surface area contributed by atoms with E-state index < -0.39 is 23.8 Å². The number of anilines is 1. The zero-order valence-corrected chi connectivity index (χ0v) is 27.7. The average Bonchev–Trinajstić information content (AvgIpc) is 3.66. The molecule has 0 unspecified atom stereocenters. The summed E-state index contributed by atoms with van der Waals surface area (Å²) >= 11 is 0. The second kappa shape index (κ2) is 14.7. The standard InChI is InChI=1S/C35H46FN5O6/c1-5-7-24(8-6-2)41(25-10-11-27(36)22(3)17-25)32(42)20-40-19-26(23-9-12-29-30(18-23)47-21-46-29)33(34(43)44)28(40)13-15-39-16-14-31(37)38(4)35(39)45/h9-12,17-18,24,26,28,33,37H,5-8,13-16,19-21H2,1-4H3,(H,43,44)/t26-,28+,33-/m1/s1. The first-order chi connectivity index (χ1) is 22.5. The maximum atomic E-state index is 14.5. The minimum atomic E-state index is -0.975. The lowest BCUT2D eigenvalue weighted by Crippen LogP contribution is -2.52. The second-order valence-electron chi connectivity index (χ2n) is 12.8. The molecule has 2 fully saturated rings. The topological polar surface area (TPSA) is 127 Å². The van der Waals surface area contributed by atoms with E-state index in [1.54, 1.807) is 42.0 Å². The quantitative estimate of drug-likeness (QED) is 0.295. The number of amidine groups is 1. The van der Waals surface area contributed by atoms with Gasteiger partial charge in [0, 0.05) is 56.8 Å². The van der Waals surface area contributed by atoms with Gasteiger partial charge in [-0.25, -0.2) is 9.18 Å². The van der Waals surface area contributed by atoms with Gasteiger partial charge in [0.05, 0.1) is 12.5 Å². The molecule has 0 saturated carbocycles. The number of nitrogens with zero attached hydrogens (tertiary/aromatic N) is 4. The molecule has 5 rings (SSSR count). The summed E-state index contributed by atoms with van der Waals surface area (Å²) in [5.74, 6) is -1.39. The number of hydrogen-bond donors (Lipinski definition) is 2. The van der Waals surface area contributed by atoms with E-state index in [1.807, 2.05) is 17.0 Å². The highest BCUT2D eigenvalue weighted by Gasteiger charge is 2.48. The number of amides is 3. The molecule has 3 atom stereocenters. The molecule has 3 aliphatic rings. The Bertz CT molecular complexity index is 1500. The lowest BCUT2D eigenvalue weighted by atomic mass is 9.84. The SMILES string of the molecule is CCCC(CCC)N(C(=O)CN1C[C@H](c2ccc3c(c2)OCO3)[C@@H](C(=O)O)[C@@H]1CCN1CCC(=N)N(C)C1=O)c1ccc(F)c(C)c1.